The minimum Gasteiger partial charge on any atom is -0.395 e. The molecule has 4 nitrogen and oxygen atoms in total. The number of aliphatic hydroxyl groups excluding tert-OH is 1. The zero-order valence-corrected chi connectivity index (χ0v) is 11.0. The van der Waals surface area contributed by atoms with Gasteiger partial charge in [-0.05, 0) is 37.5 Å². The molecule has 18 heavy (non-hydrogen) atoms. The summed E-state index contributed by atoms with van der Waals surface area (Å²) in [4.78, 5) is 6.68. The zero-order valence-electron chi connectivity index (χ0n) is 11.0. The van der Waals surface area contributed by atoms with E-state index in [0.717, 1.165) is 11.4 Å². The van der Waals surface area contributed by atoms with E-state index in [2.05, 4.69) is 16.0 Å². The van der Waals surface area contributed by atoms with E-state index < -0.39 is 0 Å². The van der Waals surface area contributed by atoms with Crippen LogP contribution in [0.5, 0.6) is 0 Å². The minimum atomic E-state index is 0.0197. The molecule has 100 valence electrons. The molecule has 0 amide bonds. The van der Waals surface area contributed by atoms with Crippen LogP contribution in [0.15, 0.2) is 18.3 Å². The Morgan fingerprint density at radius 2 is 2.22 bits per heavy atom. The molecule has 1 atom stereocenters. The summed E-state index contributed by atoms with van der Waals surface area (Å²) in [7, 11) is 0. The van der Waals surface area contributed by atoms with E-state index >= 15 is 0 Å². The molecule has 4 heteroatoms. The lowest BCUT2D eigenvalue weighted by Gasteiger charge is -2.29. The molecule has 0 spiro atoms. The lowest BCUT2D eigenvalue weighted by atomic mass is 10.1. The van der Waals surface area contributed by atoms with Crippen molar-refractivity contribution in [2.24, 2.45) is 5.73 Å². The van der Waals surface area contributed by atoms with Gasteiger partial charge in [0.05, 0.1) is 6.61 Å². The van der Waals surface area contributed by atoms with Gasteiger partial charge in [0.2, 0.25) is 0 Å². The van der Waals surface area contributed by atoms with Crippen molar-refractivity contribution in [3.63, 3.8) is 0 Å². The molecule has 3 N–H and O–H groups in total. The third kappa shape index (κ3) is 3.00. The molecule has 1 fully saturated rings. The topological polar surface area (TPSA) is 62.4 Å². The summed E-state index contributed by atoms with van der Waals surface area (Å²) in [5.74, 6) is 0.950. The Labute approximate surface area is 109 Å². The van der Waals surface area contributed by atoms with Crippen molar-refractivity contribution >= 4 is 5.82 Å². The van der Waals surface area contributed by atoms with Gasteiger partial charge in [-0.2, -0.15) is 0 Å². The largest absolute Gasteiger partial charge is 0.395 e. The highest BCUT2D eigenvalue weighted by Gasteiger charge is 2.23. The van der Waals surface area contributed by atoms with Gasteiger partial charge in [0.1, 0.15) is 5.82 Å². The molecule has 1 aromatic rings. The van der Waals surface area contributed by atoms with Crippen LogP contribution < -0.4 is 10.6 Å². The van der Waals surface area contributed by atoms with Crippen molar-refractivity contribution in [1.82, 2.24) is 4.98 Å². The van der Waals surface area contributed by atoms with E-state index in [9.17, 15) is 5.11 Å². The van der Waals surface area contributed by atoms with Gasteiger partial charge in [0, 0.05) is 24.8 Å². The van der Waals surface area contributed by atoms with Gasteiger partial charge >= 0.3 is 0 Å². The fraction of sp³-hybridized carbons (Fsp3) is 0.643. The monoisotopic (exact) mass is 249 g/mol. The molecule has 1 heterocycles. The molecule has 0 aliphatic heterocycles. The highest BCUT2D eigenvalue weighted by Crippen LogP contribution is 2.27. The van der Waals surface area contributed by atoms with Crippen molar-refractivity contribution in [3.8, 4) is 0 Å². The first-order valence-corrected chi connectivity index (χ1v) is 6.81. The zero-order chi connectivity index (χ0) is 13.0. The molecule has 0 aromatic carbocycles. The van der Waals surface area contributed by atoms with Crippen LogP contribution in [-0.2, 0) is 0 Å². The molecule has 2 rings (SSSR count). The predicted octanol–water partition coefficient (Wildman–Crippen LogP) is 1.84. The highest BCUT2D eigenvalue weighted by atomic mass is 16.3. The maximum absolute atomic E-state index is 9.24. The number of nitrogens with zero attached hydrogens (tertiary/aromatic N) is 2. The van der Waals surface area contributed by atoms with Crippen LogP contribution in [0.2, 0.25) is 0 Å². The van der Waals surface area contributed by atoms with Gasteiger partial charge in [-0.1, -0.05) is 12.8 Å². The third-order valence-electron chi connectivity index (χ3n) is 3.70. The Morgan fingerprint density at radius 1 is 1.50 bits per heavy atom. The van der Waals surface area contributed by atoms with Crippen LogP contribution in [0.3, 0.4) is 0 Å². The second kappa shape index (κ2) is 6.16. The van der Waals surface area contributed by atoms with Gasteiger partial charge in [0.25, 0.3) is 0 Å². The number of hydrogen-bond donors (Lipinski definition) is 2. The smallest absolute Gasteiger partial charge is 0.129 e. The van der Waals surface area contributed by atoms with E-state index in [4.69, 9.17) is 5.73 Å². The second-order valence-electron chi connectivity index (χ2n) is 5.09. The summed E-state index contributed by atoms with van der Waals surface area (Å²) < 4.78 is 0. The van der Waals surface area contributed by atoms with Crippen LogP contribution in [0.1, 0.15) is 44.2 Å². The SMILES string of the molecule is C[C@@H](N)c1ccnc(N(CCO)C2CCCC2)c1. The van der Waals surface area contributed by atoms with Crippen molar-refractivity contribution in [1.29, 1.82) is 0 Å². The Bertz CT molecular complexity index is 375. The highest BCUT2D eigenvalue weighted by molar-refractivity contribution is 5.43. The fourth-order valence-electron chi connectivity index (χ4n) is 2.68. The minimum absolute atomic E-state index is 0.0197. The second-order valence-corrected chi connectivity index (χ2v) is 5.09. The normalized spacial score (nSPS) is 17.9. The van der Waals surface area contributed by atoms with E-state index in [-0.39, 0.29) is 12.6 Å². The van der Waals surface area contributed by atoms with E-state index in [1.54, 1.807) is 0 Å². The summed E-state index contributed by atoms with van der Waals surface area (Å²) in [6, 6.07) is 4.55. The maximum atomic E-state index is 9.24. The van der Waals surface area contributed by atoms with Crippen LogP contribution in [-0.4, -0.2) is 29.3 Å². The first-order valence-electron chi connectivity index (χ1n) is 6.81. The lowest BCUT2D eigenvalue weighted by Crippen LogP contribution is -2.36. The van der Waals surface area contributed by atoms with Crippen molar-refractivity contribution in [2.45, 2.75) is 44.7 Å². The van der Waals surface area contributed by atoms with Gasteiger partial charge < -0.3 is 15.7 Å². The first-order chi connectivity index (χ1) is 8.72. The molecular weight excluding hydrogens is 226 g/mol. The third-order valence-corrected chi connectivity index (χ3v) is 3.70. The number of nitrogens with two attached hydrogens (primary N) is 1. The van der Waals surface area contributed by atoms with Crippen molar-refractivity contribution in [3.05, 3.63) is 23.9 Å². The van der Waals surface area contributed by atoms with E-state index in [1.807, 2.05) is 19.2 Å². The molecule has 1 aliphatic rings. The molecular formula is C14H23N3O. The van der Waals surface area contributed by atoms with E-state index in [1.165, 1.54) is 25.7 Å². The van der Waals surface area contributed by atoms with Crippen LogP contribution in [0.4, 0.5) is 5.82 Å². The predicted molar refractivity (Wildman–Crippen MR) is 73.5 cm³/mol. The number of pyridine rings is 1. The fourth-order valence-corrected chi connectivity index (χ4v) is 2.68. The van der Waals surface area contributed by atoms with E-state index in [0.29, 0.717) is 12.6 Å². The number of aromatic nitrogens is 1. The number of aliphatic hydroxyl groups is 1. The summed E-state index contributed by atoms with van der Waals surface area (Å²) >= 11 is 0. The Kier molecular flexibility index (Phi) is 4.55. The average molecular weight is 249 g/mol. The molecule has 0 bridgehead atoms. The molecule has 0 saturated heterocycles. The number of hydrogen-bond acceptors (Lipinski definition) is 4. The van der Waals surface area contributed by atoms with Gasteiger partial charge in [0.15, 0.2) is 0 Å². The van der Waals surface area contributed by atoms with Gasteiger partial charge in [-0.25, -0.2) is 4.98 Å². The van der Waals surface area contributed by atoms with Crippen LogP contribution in [0.25, 0.3) is 0 Å². The van der Waals surface area contributed by atoms with Crippen LogP contribution >= 0.6 is 0 Å². The average Bonchev–Trinajstić information content (AvgIpc) is 2.89. The quantitative estimate of drug-likeness (QED) is 0.836. The van der Waals surface area contributed by atoms with Gasteiger partial charge in [-0.15, -0.1) is 0 Å². The van der Waals surface area contributed by atoms with Crippen LogP contribution in [0, 0.1) is 0 Å². The van der Waals surface area contributed by atoms with Crippen molar-refractivity contribution in [2.75, 3.05) is 18.1 Å². The summed E-state index contributed by atoms with van der Waals surface area (Å²) in [6.45, 7) is 2.80. The summed E-state index contributed by atoms with van der Waals surface area (Å²) in [5.41, 5.74) is 7.01. The molecule has 1 aromatic heterocycles. The van der Waals surface area contributed by atoms with Gasteiger partial charge in [-0.3, -0.25) is 0 Å². The molecule has 0 unspecified atom stereocenters. The standard InChI is InChI=1S/C14H23N3O/c1-11(15)12-6-7-16-14(10-12)17(8-9-18)13-4-2-3-5-13/h6-7,10-11,13,18H,2-5,8-9,15H2,1H3/t11-/m1/s1. The number of anilines is 1. The Morgan fingerprint density at radius 3 is 2.83 bits per heavy atom. The Hall–Kier alpha value is -1.13. The number of rotatable bonds is 5. The summed E-state index contributed by atoms with van der Waals surface area (Å²) in [6.07, 6.45) is 6.76. The lowest BCUT2D eigenvalue weighted by molar-refractivity contribution is 0.297. The van der Waals surface area contributed by atoms with Crippen molar-refractivity contribution < 1.29 is 5.11 Å². The summed E-state index contributed by atoms with van der Waals surface area (Å²) in [5, 5.41) is 9.24. The Balaban J connectivity index is 2.21. The molecule has 1 saturated carbocycles. The molecule has 0 radical (unpaired) electrons. The maximum Gasteiger partial charge on any atom is 0.129 e. The molecule has 1 aliphatic carbocycles. The first kappa shape index (κ1) is 13.3.